The molecular weight excluding hydrogens is 316 g/mol. The van der Waals surface area contributed by atoms with Crippen LogP contribution in [0.1, 0.15) is 24.6 Å². The van der Waals surface area contributed by atoms with Crippen LogP contribution in [0.2, 0.25) is 5.02 Å². The van der Waals surface area contributed by atoms with Gasteiger partial charge in [0.25, 0.3) is 0 Å². The number of anilines is 1. The quantitative estimate of drug-likeness (QED) is 0.929. The van der Waals surface area contributed by atoms with Crippen LogP contribution in [-0.4, -0.2) is 35.2 Å². The number of carbonyl (C=O) groups is 1. The van der Waals surface area contributed by atoms with Gasteiger partial charge in [-0.1, -0.05) is 23.7 Å². The van der Waals surface area contributed by atoms with Crippen LogP contribution in [-0.2, 0) is 11.2 Å². The van der Waals surface area contributed by atoms with E-state index in [1.807, 2.05) is 24.3 Å². The van der Waals surface area contributed by atoms with E-state index >= 15 is 0 Å². The van der Waals surface area contributed by atoms with Gasteiger partial charge in [-0.25, -0.2) is 0 Å². The number of para-hydroxylation sites is 1. The van der Waals surface area contributed by atoms with E-state index in [9.17, 15) is 4.79 Å². The molecule has 2 aromatic rings. The molecule has 23 heavy (non-hydrogen) atoms. The van der Waals surface area contributed by atoms with Gasteiger partial charge in [0.15, 0.2) is 0 Å². The van der Waals surface area contributed by atoms with E-state index in [1.165, 1.54) is 0 Å². The van der Waals surface area contributed by atoms with Crippen molar-refractivity contribution >= 4 is 23.2 Å². The van der Waals surface area contributed by atoms with Crippen LogP contribution in [0.25, 0.3) is 0 Å². The fourth-order valence-corrected chi connectivity index (χ4v) is 3.10. The van der Waals surface area contributed by atoms with Crippen LogP contribution in [0.4, 0.5) is 5.69 Å². The van der Waals surface area contributed by atoms with Crippen LogP contribution < -0.4 is 10.2 Å². The van der Waals surface area contributed by atoms with Crippen LogP contribution in [0.5, 0.6) is 0 Å². The first kappa shape index (κ1) is 15.8. The predicted molar refractivity (Wildman–Crippen MR) is 87.6 cm³/mol. The molecular formula is C16H19ClN4O2. The molecule has 1 saturated heterocycles. The van der Waals surface area contributed by atoms with Crippen LogP contribution in [0.15, 0.2) is 28.7 Å². The second kappa shape index (κ2) is 7.00. The highest BCUT2D eigenvalue weighted by Gasteiger charge is 2.23. The van der Waals surface area contributed by atoms with Crippen molar-refractivity contribution in [2.75, 3.05) is 18.0 Å². The number of benzene rings is 1. The van der Waals surface area contributed by atoms with E-state index in [2.05, 4.69) is 20.4 Å². The Labute approximate surface area is 139 Å². The maximum atomic E-state index is 12.1. The number of aryl methyl sites for hydroxylation is 1. The number of aromatic nitrogens is 2. The third-order valence-electron chi connectivity index (χ3n) is 3.86. The lowest BCUT2D eigenvalue weighted by Crippen LogP contribution is -2.48. The number of amides is 1. The second-order valence-electron chi connectivity index (χ2n) is 5.70. The monoisotopic (exact) mass is 334 g/mol. The van der Waals surface area contributed by atoms with E-state index in [0.29, 0.717) is 11.8 Å². The Bertz CT molecular complexity index is 688. The molecule has 0 bridgehead atoms. The van der Waals surface area contributed by atoms with Crippen molar-refractivity contribution in [2.24, 2.45) is 0 Å². The summed E-state index contributed by atoms with van der Waals surface area (Å²) in [7, 11) is 0. The summed E-state index contributed by atoms with van der Waals surface area (Å²) in [5, 5.41) is 11.4. The number of nitrogens with one attached hydrogen (secondary N) is 1. The first-order valence-corrected chi connectivity index (χ1v) is 8.07. The molecule has 1 atom stereocenters. The third-order valence-corrected chi connectivity index (χ3v) is 4.18. The lowest BCUT2D eigenvalue weighted by atomic mass is 10.0. The summed E-state index contributed by atoms with van der Waals surface area (Å²) >= 11 is 6.26. The molecule has 0 radical (unpaired) electrons. The number of piperidine rings is 1. The summed E-state index contributed by atoms with van der Waals surface area (Å²) < 4.78 is 5.24. The van der Waals surface area contributed by atoms with Crippen molar-refractivity contribution in [1.82, 2.24) is 15.5 Å². The smallest absolute Gasteiger partial charge is 0.229 e. The SMILES string of the molecule is Cc1nnc(CC(=O)N[C@@H]2CCCN(c3ccccc3Cl)C2)o1. The molecule has 0 saturated carbocycles. The summed E-state index contributed by atoms with van der Waals surface area (Å²) in [6.07, 6.45) is 2.08. The Hall–Kier alpha value is -2.08. The van der Waals surface area contributed by atoms with Gasteiger partial charge in [-0.15, -0.1) is 10.2 Å². The molecule has 0 unspecified atom stereocenters. The summed E-state index contributed by atoms with van der Waals surface area (Å²) in [6, 6.07) is 7.88. The van der Waals surface area contributed by atoms with Crippen molar-refractivity contribution in [3.05, 3.63) is 41.1 Å². The maximum Gasteiger partial charge on any atom is 0.229 e. The zero-order valence-electron chi connectivity index (χ0n) is 13.0. The maximum absolute atomic E-state index is 12.1. The number of carbonyl (C=O) groups excluding carboxylic acids is 1. The zero-order valence-corrected chi connectivity index (χ0v) is 13.7. The highest BCUT2D eigenvalue weighted by Crippen LogP contribution is 2.27. The van der Waals surface area contributed by atoms with Gasteiger partial charge in [-0.3, -0.25) is 4.79 Å². The zero-order chi connectivity index (χ0) is 16.2. The minimum absolute atomic E-state index is 0.0940. The molecule has 1 amide bonds. The van der Waals surface area contributed by atoms with Gasteiger partial charge in [0.05, 0.1) is 10.7 Å². The van der Waals surface area contributed by atoms with Gasteiger partial charge in [0.2, 0.25) is 17.7 Å². The Morgan fingerprint density at radius 2 is 2.26 bits per heavy atom. The first-order chi connectivity index (χ1) is 11.1. The van der Waals surface area contributed by atoms with E-state index < -0.39 is 0 Å². The van der Waals surface area contributed by atoms with E-state index in [1.54, 1.807) is 6.92 Å². The van der Waals surface area contributed by atoms with Crippen molar-refractivity contribution in [2.45, 2.75) is 32.2 Å². The molecule has 1 aromatic heterocycles. The van der Waals surface area contributed by atoms with Gasteiger partial charge in [-0.05, 0) is 25.0 Å². The van der Waals surface area contributed by atoms with Gasteiger partial charge >= 0.3 is 0 Å². The van der Waals surface area contributed by atoms with Crippen LogP contribution >= 0.6 is 11.6 Å². The fraction of sp³-hybridized carbons (Fsp3) is 0.438. The average molecular weight is 335 g/mol. The minimum Gasteiger partial charge on any atom is -0.425 e. The molecule has 3 rings (SSSR count). The van der Waals surface area contributed by atoms with Crippen molar-refractivity contribution in [3.63, 3.8) is 0 Å². The van der Waals surface area contributed by atoms with Crippen molar-refractivity contribution in [1.29, 1.82) is 0 Å². The summed E-state index contributed by atoms with van der Waals surface area (Å²) in [5.74, 6) is 0.716. The molecule has 122 valence electrons. The molecule has 6 nitrogen and oxygen atoms in total. The van der Waals surface area contributed by atoms with Crippen LogP contribution in [0.3, 0.4) is 0 Å². The van der Waals surface area contributed by atoms with Crippen molar-refractivity contribution in [3.8, 4) is 0 Å². The van der Waals surface area contributed by atoms with Gasteiger partial charge < -0.3 is 14.6 Å². The Kier molecular flexibility index (Phi) is 4.81. The standard InChI is InChI=1S/C16H19ClN4O2/c1-11-19-20-16(23-11)9-15(22)18-12-5-4-8-21(10-12)14-7-3-2-6-13(14)17/h2-3,6-7,12H,4-5,8-10H2,1H3,(H,18,22)/t12-/m1/s1. The number of hydrogen-bond acceptors (Lipinski definition) is 5. The number of rotatable bonds is 4. The second-order valence-corrected chi connectivity index (χ2v) is 6.10. The molecule has 1 N–H and O–H groups in total. The Morgan fingerprint density at radius 1 is 1.43 bits per heavy atom. The van der Waals surface area contributed by atoms with E-state index in [4.69, 9.17) is 16.0 Å². The Morgan fingerprint density at radius 3 is 3.00 bits per heavy atom. The van der Waals surface area contributed by atoms with E-state index in [-0.39, 0.29) is 18.4 Å². The van der Waals surface area contributed by atoms with Gasteiger partial charge in [-0.2, -0.15) is 0 Å². The minimum atomic E-state index is -0.0975. The van der Waals surface area contributed by atoms with Crippen LogP contribution in [0, 0.1) is 6.92 Å². The summed E-state index contributed by atoms with van der Waals surface area (Å²) in [6.45, 7) is 3.40. The average Bonchev–Trinajstić information content (AvgIpc) is 2.93. The highest BCUT2D eigenvalue weighted by molar-refractivity contribution is 6.33. The molecule has 1 aliphatic heterocycles. The third kappa shape index (κ3) is 4.01. The van der Waals surface area contributed by atoms with Gasteiger partial charge in [0.1, 0.15) is 6.42 Å². The van der Waals surface area contributed by atoms with Crippen molar-refractivity contribution < 1.29 is 9.21 Å². The molecule has 2 heterocycles. The lowest BCUT2D eigenvalue weighted by Gasteiger charge is -2.35. The topological polar surface area (TPSA) is 71.3 Å². The van der Waals surface area contributed by atoms with Gasteiger partial charge in [0, 0.05) is 26.1 Å². The molecule has 1 aliphatic rings. The normalized spacial score (nSPS) is 18.0. The molecule has 1 aromatic carbocycles. The molecule has 1 fully saturated rings. The first-order valence-electron chi connectivity index (χ1n) is 7.69. The number of hydrogen-bond donors (Lipinski definition) is 1. The van der Waals surface area contributed by atoms with E-state index in [0.717, 1.165) is 36.6 Å². The lowest BCUT2D eigenvalue weighted by molar-refractivity contribution is -0.121. The molecule has 7 heteroatoms. The Balaban J connectivity index is 1.58. The largest absolute Gasteiger partial charge is 0.425 e. The summed E-state index contributed by atoms with van der Waals surface area (Å²) in [5.41, 5.74) is 1.01. The summed E-state index contributed by atoms with van der Waals surface area (Å²) in [4.78, 5) is 14.3. The predicted octanol–water partition coefficient (Wildman–Crippen LogP) is 2.36. The molecule has 0 spiro atoms. The number of halogens is 1. The highest BCUT2D eigenvalue weighted by atomic mass is 35.5. The molecule has 0 aliphatic carbocycles. The number of nitrogens with zero attached hydrogens (tertiary/aromatic N) is 3. The fourth-order valence-electron chi connectivity index (χ4n) is 2.85.